The van der Waals surface area contributed by atoms with Crippen LogP contribution in [0.5, 0.6) is 0 Å². The van der Waals surface area contributed by atoms with Crippen LogP contribution in [0.3, 0.4) is 0 Å². The van der Waals surface area contributed by atoms with Gasteiger partial charge in [0.15, 0.2) is 0 Å². The van der Waals surface area contributed by atoms with Gasteiger partial charge in [-0.15, -0.1) is 4.73 Å². The summed E-state index contributed by atoms with van der Waals surface area (Å²) in [6.07, 6.45) is 1.16. The third-order valence-corrected chi connectivity index (χ3v) is 1.63. The molecule has 0 saturated carbocycles. The molecule has 3 heteroatoms. The lowest BCUT2D eigenvalue weighted by Gasteiger charge is -1.89. The van der Waals surface area contributed by atoms with E-state index >= 15 is 0 Å². The van der Waals surface area contributed by atoms with E-state index in [1.807, 2.05) is 19.1 Å². The highest BCUT2D eigenvalue weighted by atomic mass is 16.5. The van der Waals surface area contributed by atoms with Crippen LogP contribution in [0.2, 0.25) is 0 Å². The van der Waals surface area contributed by atoms with Crippen molar-refractivity contribution in [3.05, 3.63) is 35.4 Å². The minimum absolute atomic E-state index is 0.579. The van der Waals surface area contributed by atoms with E-state index in [2.05, 4.69) is 0 Å². The van der Waals surface area contributed by atoms with Gasteiger partial charge in [-0.1, -0.05) is 6.07 Å². The molecule has 0 amide bonds. The lowest BCUT2D eigenvalue weighted by molar-refractivity contribution is -0.582. The van der Waals surface area contributed by atoms with Gasteiger partial charge in [-0.2, -0.15) is 0 Å². The molecule has 0 aliphatic carbocycles. The molecule has 56 valence electrons. The van der Waals surface area contributed by atoms with E-state index in [0.717, 1.165) is 16.7 Å². The van der Waals surface area contributed by atoms with Crippen molar-refractivity contribution < 1.29 is 9.15 Å². The van der Waals surface area contributed by atoms with Gasteiger partial charge in [-0.3, -0.25) is 0 Å². The highest BCUT2D eigenvalue weighted by Crippen LogP contribution is 2.11. The third-order valence-electron chi connectivity index (χ3n) is 1.63. The molecular weight excluding hydrogens is 142 g/mol. The summed E-state index contributed by atoms with van der Waals surface area (Å²) < 4.78 is 5.70. The lowest BCUT2D eigenvalue weighted by Crippen LogP contribution is -2.21. The topological polar surface area (TPSA) is 40.1 Å². The maximum absolute atomic E-state index is 10.9. The molecule has 0 unspecified atom stereocenters. The van der Waals surface area contributed by atoms with Crippen molar-refractivity contribution in [1.29, 1.82) is 0 Å². The molecule has 0 radical (unpaired) electrons. The van der Waals surface area contributed by atoms with Crippen LogP contribution < -0.4 is 4.73 Å². The molecule has 0 atom stereocenters. The molecular formula is C8H7NO2. The predicted molar refractivity (Wildman–Crippen MR) is 39.9 cm³/mol. The molecule has 2 rings (SSSR count). The number of benzene rings is 1. The number of nitrogens with zero attached hydrogens (tertiary/aromatic N) is 1. The first-order valence-electron chi connectivity index (χ1n) is 3.34. The molecule has 1 heterocycles. The fourth-order valence-electron chi connectivity index (χ4n) is 1.06. The first-order chi connectivity index (χ1) is 5.27. The number of oxazole rings is 1. The average Bonchev–Trinajstić information content (AvgIpc) is 2.32. The molecule has 3 nitrogen and oxygen atoms in total. The van der Waals surface area contributed by atoms with Crippen LogP contribution in [0.1, 0.15) is 5.56 Å². The molecule has 1 aromatic carbocycles. The maximum Gasteiger partial charge on any atom is 0.347 e. The maximum atomic E-state index is 10.9. The number of hydrogen-bond donors (Lipinski definition) is 0. The average molecular weight is 149 g/mol. The van der Waals surface area contributed by atoms with E-state index in [9.17, 15) is 5.21 Å². The summed E-state index contributed by atoms with van der Waals surface area (Å²) >= 11 is 0. The van der Waals surface area contributed by atoms with Crippen LogP contribution >= 0.6 is 0 Å². The zero-order valence-corrected chi connectivity index (χ0v) is 6.07. The minimum Gasteiger partial charge on any atom is -0.616 e. The molecule has 0 spiro atoms. The van der Waals surface area contributed by atoms with Gasteiger partial charge in [-0.25, -0.2) is 0 Å². The number of aryl methyl sites for hydroxylation is 1. The second-order valence-corrected chi connectivity index (χ2v) is 2.52. The zero-order chi connectivity index (χ0) is 7.84. The third kappa shape index (κ3) is 0.852. The van der Waals surface area contributed by atoms with E-state index in [1.54, 1.807) is 6.07 Å². The Morgan fingerprint density at radius 1 is 1.45 bits per heavy atom. The highest BCUT2D eigenvalue weighted by Gasteiger charge is 2.05. The summed E-state index contributed by atoms with van der Waals surface area (Å²) in [5, 5.41) is 10.9. The second-order valence-electron chi connectivity index (χ2n) is 2.52. The van der Waals surface area contributed by atoms with Gasteiger partial charge in [-0.05, 0) is 18.6 Å². The number of aromatic nitrogens is 1. The first-order valence-corrected chi connectivity index (χ1v) is 3.34. The van der Waals surface area contributed by atoms with Crippen molar-refractivity contribution in [3.8, 4) is 0 Å². The van der Waals surface area contributed by atoms with Crippen LogP contribution in [-0.2, 0) is 0 Å². The standard InChI is InChI=1S/C8H7NO2/c1-6-2-3-7-8(4-6)11-5-9(7)10/h2-5H,1H3. The van der Waals surface area contributed by atoms with Gasteiger partial charge in [0.25, 0.3) is 5.52 Å². The van der Waals surface area contributed by atoms with E-state index < -0.39 is 0 Å². The van der Waals surface area contributed by atoms with Crippen molar-refractivity contribution in [2.45, 2.75) is 6.92 Å². The van der Waals surface area contributed by atoms with Gasteiger partial charge < -0.3 is 9.62 Å². The molecule has 0 aliphatic rings. The smallest absolute Gasteiger partial charge is 0.347 e. The number of hydrogen-bond acceptors (Lipinski definition) is 2. The van der Waals surface area contributed by atoms with Crippen LogP contribution in [0.4, 0.5) is 0 Å². The van der Waals surface area contributed by atoms with Crippen molar-refractivity contribution in [2.24, 2.45) is 0 Å². The fraction of sp³-hybridized carbons (Fsp3) is 0.125. The van der Waals surface area contributed by atoms with E-state index in [1.165, 1.54) is 0 Å². The molecule has 0 saturated heterocycles. The van der Waals surface area contributed by atoms with Crippen molar-refractivity contribution in [3.63, 3.8) is 0 Å². The van der Waals surface area contributed by atoms with Crippen LogP contribution in [0.25, 0.3) is 11.1 Å². The van der Waals surface area contributed by atoms with Gasteiger partial charge in [0, 0.05) is 6.07 Å². The fourth-order valence-corrected chi connectivity index (χ4v) is 1.06. The monoisotopic (exact) mass is 149 g/mol. The van der Waals surface area contributed by atoms with Gasteiger partial charge in [0.1, 0.15) is 0 Å². The summed E-state index contributed by atoms with van der Waals surface area (Å²) in [5.41, 5.74) is 2.31. The molecule has 0 aliphatic heterocycles. The molecule has 0 N–H and O–H groups in total. The predicted octanol–water partition coefficient (Wildman–Crippen LogP) is 1.37. The highest BCUT2D eigenvalue weighted by molar-refractivity contribution is 5.69. The quantitative estimate of drug-likeness (QED) is 0.419. The van der Waals surface area contributed by atoms with Crippen LogP contribution in [0.15, 0.2) is 29.0 Å². The van der Waals surface area contributed by atoms with Crippen molar-refractivity contribution in [2.75, 3.05) is 0 Å². The molecule has 0 fully saturated rings. The van der Waals surface area contributed by atoms with E-state index in [-0.39, 0.29) is 0 Å². The summed E-state index contributed by atoms with van der Waals surface area (Å²) in [6, 6.07) is 5.47. The number of fused-ring (bicyclic) bond motifs is 1. The molecule has 11 heavy (non-hydrogen) atoms. The van der Waals surface area contributed by atoms with Crippen LogP contribution in [0, 0.1) is 12.1 Å². The molecule has 2 aromatic rings. The normalized spacial score (nSPS) is 10.6. The van der Waals surface area contributed by atoms with E-state index in [0.29, 0.717) is 11.1 Å². The second kappa shape index (κ2) is 1.99. The van der Waals surface area contributed by atoms with Crippen molar-refractivity contribution >= 4 is 11.1 Å². The Kier molecular flexibility index (Phi) is 1.12. The van der Waals surface area contributed by atoms with Gasteiger partial charge in [0.05, 0.1) is 0 Å². The van der Waals surface area contributed by atoms with Crippen molar-refractivity contribution in [1.82, 2.24) is 0 Å². The Labute approximate surface area is 63.5 Å². The SMILES string of the molecule is Cc1ccc2c(c1)oc[n+]2[O-]. The molecule has 0 bridgehead atoms. The zero-order valence-electron chi connectivity index (χ0n) is 6.07. The summed E-state index contributed by atoms with van der Waals surface area (Å²) in [6.45, 7) is 1.96. The minimum atomic E-state index is 0.579. The lowest BCUT2D eigenvalue weighted by atomic mass is 10.2. The summed E-state index contributed by atoms with van der Waals surface area (Å²) in [7, 11) is 0. The Morgan fingerprint density at radius 3 is 3.09 bits per heavy atom. The van der Waals surface area contributed by atoms with Gasteiger partial charge >= 0.3 is 6.39 Å². The largest absolute Gasteiger partial charge is 0.616 e. The Morgan fingerprint density at radius 2 is 2.27 bits per heavy atom. The van der Waals surface area contributed by atoms with Crippen LogP contribution in [-0.4, -0.2) is 0 Å². The summed E-state index contributed by atoms with van der Waals surface area (Å²) in [4.78, 5) is 0. The summed E-state index contributed by atoms with van der Waals surface area (Å²) in [5.74, 6) is 0. The Bertz CT molecular complexity index is 392. The number of rotatable bonds is 0. The Balaban J connectivity index is 2.86. The van der Waals surface area contributed by atoms with E-state index in [4.69, 9.17) is 4.42 Å². The van der Waals surface area contributed by atoms with Gasteiger partial charge in [0.2, 0.25) is 5.58 Å². The Hall–Kier alpha value is -1.51. The molecule has 1 aromatic heterocycles. The first kappa shape index (κ1) is 6.22.